The van der Waals surface area contributed by atoms with Gasteiger partial charge in [0.2, 0.25) is 0 Å². The molecule has 1 fully saturated rings. The van der Waals surface area contributed by atoms with Crippen molar-refractivity contribution < 1.29 is 24.5 Å². The number of hydrogen-bond acceptors (Lipinski definition) is 5. The Morgan fingerprint density at radius 3 is 2.76 bits per heavy atom. The van der Waals surface area contributed by atoms with Crippen LogP contribution in [0, 0.1) is 0 Å². The minimum Gasteiger partial charge on any atom is -0.491 e. The first-order chi connectivity index (χ1) is 10.1. The topological polar surface area (TPSA) is 88.0 Å². The van der Waals surface area contributed by atoms with Crippen molar-refractivity contribution in [1.82, 2.24) is 5.32 Å². The highest BCUT2D eigenvalue weighted by atomic mass is 16.5. The van der Waals surface area contributed by atoms with Crippen LogP contribution in [-0.4, -0.2) is 54.7 Å². The molecule has 6 nitrogen and oxygen atoms in total. The Morgan fingerprint density at radius 1 is 1.33 bits per heavy atom. The number of rotatable bonds is 7. The van der Waals surface area contributed by atoms with Crippen LogP contribution < -0.4 is 10.1 Å². The summed E-state index contributed by atoms with van der Waals surface area (Å²) in [4.78, 5) is 11.0. The van der Waals surface area contributed by atoms with E-state index in [1.165, 1.54) is 6.07 Å². The fourth-order valence-electron chi connectivity index (χ4n) is 2.25. The highest BCUT2D eigenvalue weighted by Crippen LogP contribution is 2.19. The van der Waals surface area contributed by atoms with Crippen LogP contribution in [0.3, 0.4) is 0 Å². The van der Waals surface area contributed by atoms with E-state index in [0.717, 1.165) is 0 Å². The molecule has 1 saturated heterocycles. The van der Waals surface area contributed by atoms with Crippen LogP contribution in [0.4, 0.5) is 0 Å². The van der Waals surface area contributed by atoms with E-state index in [1.54, 1.807) is 18.2 Å². The zero-order chi connectivity index (χ0) is 15.1. The lowest BCUT2D eigenvalue weighted by Gasteiger charge is -2.32. The van der Waals surface area contributed by atoms with Crippen molar-refractivity contribution in [1.29, 1.82) is 0 Å². The van der Waals surface area contributed by atoms with Gasteiger partial charge in [-0.3, -0.25) is 0 Å². The van der Waals surface area contributed by atoms with Gasteiger partial charge in [0.15, 0.2) is 0 Å². The molecular weight excluding hydrogens is 274 g/mol. The summed E-state index contributed by atoms with van der Waals surface area (Å²) in [5, 5.41) is 22.4. The molecule has 1 aromatic carbocycles. The third-order valence-electron chi connectivity index (χ3n) is 3.53. The molecule has 0 aromatic heterocycles. The molecule has 0 bridgehead atoms. The van der Waals surface area contributed by atoms with Gasteiger partial charge in [0, 0.05) is 39.1 Å². The quantitative estimate of drug-likeness (QED) is 0.648. The van der Waals surface area contributed by atoms with Gasteiger partial charge in [-0.25, -0.2) is 4.79 Å². The summed E-state index contributed by atoms with van der Waals surface area (Å²) < 4.78 is 10.7. The molecule has 1 aliphatic heterocycles. The summed E-state index contributed by atoms with van der Waals surface area (Å²) in [7, 11) is 0. The number of aliphatic hydroxyl groups is 1. The Labute approximate surface area is 123 Å². The average Bonchev–Trinajstić information content (AvgIpc) is 2.48. The highest BCUT2D eigenvalue weighted by molar-refractivity contribution is 5.90. The molecule has 116 valence electrons. The van der Waals surface area contributed by atoms with E-state index in [2.05, 4.69) is 5.32 Å². The Hall–Kier alpha value is -1.63. The minimum absolute atomic E-state index is 0.153. The third-order valence-corrected chi connectivity index (χ3v) is 3.53. The van der Waals surface area contributed by atoms with Crippen LogP contribution in [0.25, 0.3) is 0 Å². The first-order valence-electron chi connectivity index (χ1n) is 7.07. The van der Waals surface area contributed by atoms with Crippen LogP contribution in [-0.2, 0) is 4.74 Å². The molecule has 0 atom stereocenters. The SMILES string of the molecule is O=C(O)c1ccccc1OCCNCC1(O)CCOCC1. The molecule has 0 saturated carbocycles. The molecule has 3 N–H and O–H groups in total. The monoisotopic (exact) mass is 295 g/mol. The average molecular weight is 295 g/mol. The van der Waals surface area contributed by atoms with Crippen molar-refractivity contribution in [3.05, 3.63) is 29.8 Å². The second-order valence-corrected chi connectivity index (χ2v) is 5.16. The number of hydrogen-bond donors (Lipinski definition) is 3. The van der Waals surface area contributed by atoms with Gasteiger partial charge in [0.25, 0.3) is 0 Å². The van der Waals surface area contributed by atoms with Gasteiger partial charge in [0.1, 0.15) is 17.9 Å². The van der Waals surface area contributed by atoms with Gasteiger partial charge in [-0.2, -0.15) is 0 Å². The van der Waals surface area contributed by atoms with Crippen molar-refractivity contribution in [2.75, 3.05) is 32.9 Å². The zero-order valence-electron chi connectivity index (χ0n) is 11.9. The number of nitrogens with one attached hydrogen (secondary N) is 1. The first-order valence-corrected chi connectivity index (χ1v) is 7.07. The van der Waals surface area contributed by atoms with Gasteiger partial charge in [-0.15, -0.1) is 0 Å². The summed E-state index contributed by atoms with van der Waals surface area (Å²) in [6.45, 7) is 2.54. The lowest BCUT2D eigenvalue weighted by atomic mass is 9.94. The Morgan fingerprint density at radius 2 is 2.05 bits per heavy atom. The fraction of sp³-hybridized carbons (Fsp3) is 0.533. The van der Waals surface area contributed by atoms with E-state index in [9.17, 15) is 9.90 Å². The van der Waals surface area contributed by atoms with Gasteiger partial charge < -0.3 is 25.0 Å². The molecule has 6 heteroatoms. The van der Waals surface area contributed by atoms with E-state index in [1.807, 2.05) is 0 Å². The van der Waals surface area contributed by atoms with Crippen molar-refractivity contribution in [3.63, 3.8) is 0 Å². The van der Waals surface area contributed by atoms with E-state index < -0.39 is 11.6 Å². The van der Waals surface area contributed by atoms with Crippen LogP contribution >= 0.6 is 0 Å². The minimum atomic E-state index is -1.00. The molecule has 0 radical (unpaired) electrons. The van der Waals surface area contributed by atoms with E-state index in [4.69, 9.17) is 14.6 Å². The highest BCUT2D eigenvalue weighted by Gasteiger charge is 2.28. The van der Waals surface area contributed by atoms with Gasteiger partial charge in [-0.1, -0.05) is 12.1 Å². The number of aromatic carboxylic acids is 1. The van der Waals surface area contributed by atoms with Crippen LogP contribution in [0.1, 0.15) is 23.2 Å². The van der Waals surface area contributed by atoms with Crippen LogP contribution in [0.15, 0.2) is 24.3 Å². The maximum atomic E-state index is 11.0. The summed E-state index contributed by atoms with van der Waals surface area (Å²) in [5.74, 6) is -0.647. The van der Waals surface area contributed by atoms with E-state index >= 15 is 0 Å². The second kappa shape index (κ2) is 7.40. The number of ether oxygens (including phenoxy) is 2. The molecule has 0 aliphatic carbocycles. The van der Waals surface area contributed by atoms with Crippen molar-refractivity contribution >= 4 is 5.97 Å². The van der Waals surface area contributed by atoms with Gasteiger partial charge in [0.05, 0.1) is 5.60 Å². The molecule has 0 spiro atoms. The maximum Gasteiger partial charge on any atom is 0.339 e. The predicted molar refractivity (Wildman–Crippen MR) is 76.8 cm³/mol. The lowest BCUT2D eigenvalue weighted by molar-refractivity contribution is -0.0616. The summed E-state index contributed by atoms with van der Waals surface area (Å²) in [6, 6.07) is 6.54. The normalized spacial score (nSPS) is 17.4. The molecule has 0 unspecified atom stereocenters. The third kappa shape index (κ3) is 4.70. The Kier molecular flexibility index (Phi) is 5.55. The smallest absolute Gasteiger partial charge is 0.339 e. The summed E-state index contributed by atoms with van der Waals surface area (Å²) in [6.07, 6.45) is 1.26. The zero-order valence-corrected chi connectivity index (χ0v) is 11.9. The van der Waals surface area contributed by atoms with Crippen molar-refractivity contribution in [3.8, 4) is 5.75 Å². The standard InChI is InChI=1S/C15H21NO5/c17-14(18)12-3-1-2-4-13(12)21-10-7-16-11-15(19)5-8-20-9-6-15/h1-4,16,19H,5-11H2,(H,17,18). The number of benzene rings is 1. The van der Waals surface area contributed by atoms with Crippen molar-refractivity contribution in [2.24, 2.45) is 0 Å². The maximum absolute atomic E-state index is 11.0. The van der Waals surface area contributed by atoms with E-state index in [0.29, 0.717) is 51.5 Å². The first kappa shape index (κ1) is 15.8. The molecule has 1 aliphatic rings. The molecule has 2 rings (SSSR count). The molecule has 0 amide bonds. The summed E-state index contributed by atoms with van der Waals surface area (Å²) >= 11 is 0. The van der Waals surface area contributed by atoms with Crippen molar-refractivity contribution in [2.45, 2.75) is 18.4 Å². The lowest BCUT2D eigenvalue weighted by Crippen LogP contribution is -2.45. The second-order valence-electron chi connectivity index (χ2n) is 5.16. The van der Waals surface area contributed by atoms with Crippen LogP contribution in [0.5, 0.6) is 5.75 Å². The number of carbonyl (C=O) groups is 1. The molecule has 21 heavy (non-hydrogen) atoms. The number of carboxylic acid groups (broad SMARTS) is 1. The largest absolute Gasteiger partial charge is 0.491 e. The number of para-hydroxylation sites is 1. The van der Waals surface area contributed by atoms with Crippen LogP contribution in [0.2, 0.25) is 0 Å². The van der Waals surface area contributed by atoms with Gasteiger partial charge >= 0.3 is 5.97 Å². The Bertz CT molecular complexity index is 471. The van der Waals surface area contributed by atoms with Gasteiger partial charge in [-0.05, 0) is 12.1 Å². The number of carboxylic acids is 1. The summed E-state index contributed by atoms with van der Waals surface area (Å²) in [5.41, 5.74) is -0.558. The molecule has 1 heterocycles. The molecular formula is C15H21NO5. The van der Waals surface area contributed by atoms with E-state index in [-0.39, 0.29) is 5.56 Å². The fourth-order valence-corrected chi connectivity index (χ4v) is 2.25. The molecule has 1 aromatic rings. The predicted octanol–water partition coefficient (Wildman–Crippen LogP) is 0.895. The Balaban J connectivity index is 1.71.